The molecule has 3 nitrogen and oxygen atoms in total. The fraction of sp³-hybridized carbons (Fsp3) is 0.500. The standard InChI is InChI=1S/C8H12N2O/c11-7-3-1-2-4-8-9-5-6-10-8/h5-7H,1-4H2,(H,9,10). The molecule has 1 N–H and O–H groups in total. The molecule has 0 aliphatic heterocycles. The number of carbonyl (C=O) groups is 1. The normalized spacial score (nSPS) is 9.82. The number of hydrogen-bond acceptors (Lipinski definition) is 2. The highest BCUT2D eigenvalue weighted by Gasteiger charge is 1.93. The minimum Gasteiger partial charge on any atom is -0.349 e. The maximum atomic E-state index is 9.94. The number of aromatic amines is 1. The molecule has 1 rings (SSSR count). The molecule has 0 saturated carbocycles. The zero-order chi connectivity index (χ0) is 7.94. The summed E-state index contributed by atoms with van der Waals surface area (Å²) in [6, 6.07) is 0. The molecule has 1 heterocycles. The number of H-pyrrole nitrogens is 1. The number of aldehydes is 1. The van der Waals surface area contributed by atoms with Gasteiger partial charge in [0, 0.05) is 25.2 Å². The Morgan fingerprint density at radius 3 is 3.09 bits per heavy atom. The van der Waals surface area contributed by atoms with Crippen molar-refractivity contribution >= 4 is 6.29 Å². The highest BCUT2D eigenvalue weighted by molar-refractivity contribution is 5.48. The van der Waals surface area contributed by atoms with E-state index in [1.54, 1.807) is 6.20 Å². The van der Waals surface area contributed by atoms with E-state index in [1.807, 2.05) is 6.20 Å². The van der Waals surface area contributed by atoms with E-state index in [0.717, 1.165) is 31.4 Å². The van der Waals surface area contributed by atoms with Crippen LogP contribution in [0.4, 0.5) is 0 Å². The Kier molecular flexibility index (Phi) is 3.38. The molecule has 11 heavy (non-hydrogen) atoms. The van der Waals surface area contributed by atoms with Crippen LogP contribution in [0.1, 0.15) is 25.1 Å². The summed E-state index contributed by atoms with van der Waals surface area (Å²) in [6.07, 6.45) is 8.13. The monoisotopic (exact) mass is 152 g/mol. The van der Waals surface area contributed by atoms with E-state index in [0.29, 0.717) is 6.42 Å². The lowest BCUT2D eigenvalue weighted by Crippen LogP contribution is -1.88. The van der Waals surface area contributed by atoms with Crippen molar-refractivity contribution in [2.75, 3.05) is 0 Å². The molecule has 60 valence electrons. The predicted molar refractivity (Wildman–Crippen MR) is 42.2 cm³/mol. The maximum absolute atomic E-state index is 9.94. The minimum absolute atomic E-state index is 0.667. The molecule has 0 aliphatic carbocycles. The lowest BCUT2D eigenvalue weighted by molar-refractivity contribution is -0.107. The fourth-order valence-corrected chi connectivity index (χ4v) is 0.955. The quantitative estimate of drug-likeness (QED) is 0.511. The van der Waals surface area contributed by atoms with Crippen molar-refractivity contribution in [2.45, 2.75) is 25.7 Å². The predicted octanol–water partition coefficient (Wildman–Crippen LogP) is 1.32. The molecule has 3 heteroatoms. The molecule has 0 fully saturated rings. The van der Waals surface area contributed by atoms with Crippen molar-refractivity contribution in [3.63, 3.8) is 0 Å². The summed E-state index contributed by atoms with van der Waals surface area (Å²) in [5.74, 6) is 1.01. The maximum Gasteiger partial charge on any atom is 0.119 e. The van der Waals surface area contributed by atoms with E-state index in [4.69, 9.17) is 0 Å². The van der Waals surface area contributed by atoms with Gasteiger partial charge in [-0.3, -0.25) is 0 Å². The van der Waals surface area contributed by atoms with E-state index < -0.39 is 0 Å². The number of imidazole rings is 1. The van der Waals surface area contributed by atoms with Crippen LogP contribution < -0.4 is 0 Å². The second-order valence-electron chi connectivity index (χ2n) is 2.45. The van der Waals surface area contributed by atoms with Gasteiger partial charge in [0.05, 0.1) is 0 Å². The Labute approximate surface area is 65.8 Å². The largest absolute Gasteiger partial charge is 0.349 e. The van der Waals surface area contributed by atoms with Gasteiger partial charge in [0.1, 0.15) is 12.1 Å². The first-order valence-electron chi connectivity index (χ1n) is 3.85. The average Bonchev–Trinajstić information content (AvgIpc) is 2.50. The van der Waals surface area contributed by atoms with Crippen molar-refractivity contribution < 1.29 is 4.79 Å². The van der Waals surface area contributed by atoms with Gasteiger partial charge in [0.25, 0.3) is 0 Å². The molecule has 0 atom stereocenters. The van der Waals surface area contributed by atoms with E-state index in [9.17, 15) is 4.79 Å². The molecular formula is C8H12N2O. The second-order valence-corrected chi connectivity index (χ2v) is 2.45. The smallest absolute Gasteiger partial charge is 0.119 e. The van der Waals surface area contributed by atoms with Crippen LogP contribution in [0.2, 0.25) is 0 Å². The van der Waals surface area contributed by atoms with Crippen molar-refractivity contribution in [3.8, 4) is 0 Å². The van der Waals surface area contributed by atoms with Crippen molar-refractivity contribution in [2.24, 2.45) is 0 Å². The minimum atomic E-state index is 0.667. The second kappa shape index (κ2) is 4.66. The number of rotatable bonds is 5. The summed E-state index contributed by atoms with van der Waals surface area (Å²) in [7, 11) is 0. The van der Waals surface area contributed by atoms with Crippen LogP contribution in [0.15, 0.2) is 12.4 Å². The fourth-order valence-electron chi connectivity index (χ4n) is 0.955. The van der Waals surface area contributed by atoms with Gasteiger partial charge in [-0.25, -0.2) is 4.98 Å². The zero-order valence-corrected chi connectivity index (χ0v) is 6.42. The van der Waals surface area contributed by atoms with Crippen LogP contribution in [0.5, 0.6) is 0 Å². The molecule has 0 unspecified atom stereocenters. The first kappa shape index (κ1) is 7.98. The van der Waals surface area contributed by atoms with Gasteiger partial charge in [-0.2, -0.15) is 0 Å². The van der Waals surface area contributed by atoms with Crippen LogP contribution in [-0.2, 0) is 11.2 Å². The first-order chi connectivity index (χ1) is 5.43. The summed E-state index contributed by atoms with van der Waals surface area (Å²) in [5.41, 5.74) is 0. The van der Waals surface area contributed by atoms with Gasteiger partial charge in [0.2, 0.25) is 0 Å². The number of unbranched alkanes of at least 4 members (excludes halogenated alkanes) is 2. The van der Waals surface area contributed by atoms with Crippen LogP contribution in [0, 0.1) is 0 Å². The topological polar surface area (TPSA) is 45.8 Å². The molecule has 0 aromatic carbocycles. The summed E-state index contributed by atoms with van der Waals surface area (Å²) < 4.78 is 0. The number of carbonyl (C=O) groups excluding carboxylic acids is 1. The average molecular weight is 152 g/mol. The van der Waals surface area contributed by atoms with Crippen molar-refractivity contribution in [3.05, 3.63) is 18.2 Å². The van der Waals surface area contributed by atoms with E-state index in [1.165, 1.54) is 0 Å². The molecule has 0 spiro atoms. The number of nitrogens with one attached hydrogen (secondary N) is 1. The Balaban J connectivity index is 2.09. The Morgan fingerprint density at radius 2 is 2.45 bits per heavy atom. The Morgan fingerprint density at radius 1 is 1.55 bits per heavy atom. The highest BCUT2D eigenvalue weighted by Crippen LogP contribution is 1.99. The lowest BCUT2D eigenvalue weighted by atomic mass is 10.2. The molecule has 0 aliphatic rings. The van der Waals surface area contributed by atoms with E-state index >= 15 is 0 Å². The number of nitrogens with zero attached hydrogens (tertiary/aromatic N) is 1. The Hall–Kier alpha value is -1.12. The third kappa shape index (κ3) is 2.98. The van der Waals surface area contributed by atoms with Gasteiger partial charge in [-0.1, -0.05) is 0 Å². The van der Waals surface area contributed by atoms with Gasteiger partial charge >= 0.3 is 0 Å². The molecule has 0 bridgehead atoms. The van der Waals surface area contributed by atoms with Gasteiger partial charge in [-0.15, -0.1) is 0 Å². The van der Waals surface area contributed by atoms with Crippen LogP contribution in [0.25, 0.3) is 0 Å². The molecule has 1 aromatic rings. The van der Waals surface area contributed by atoms with Crippen LogP contribution >= 0.6 is 0 Å². The summed E-state index contributed by atoms with van der Waals surface area (Å²) in [6.45, 7) is 0. The third-order valence-corrected chi connectivity index (χ3v) is 1.54. The van der Waals surface area contributed by atoms with E-state index in [2.05, 4.69) is 9.97 Å². The SMILES string of the molecule is O=CCCCCc1ncc[nH]1. The summed E-state index contributed by atoms with van der Waals surface area (Å²) >= 11 is 0. The molecule has 0 amide bonds. The van der Waals surface area contributed by atoms with Gasteiger partial charge in [-0.05, 0) is 12.8 Å². The Bertz CT molecular complexity index is 194. The summed E-state index contributed by atoms with van der Waals surface area (Å²) in [4.78, 5) is 17.0. The molecular weight excluding hydrogens is 140 g/mol. The zero-order valence-electron chi connectivity index (χ0n) is 6.42. The first-order valence-corrected chi connectivity index (χ1v) is 3.85. The third-order valence-electron chi connectivity index (χ3n) is 1.54. The number of aryl methyl sites for hydroxylation is 1. The highest BCUT2D eigenvalue weighted by atomic mass is 16.1. The van der Waals surface area contributed by atoms with E-state index in [-0.39, 0.29) is 0 Å². The number of aromatic nitrogens is 2. The molecule has 0 saturated heterocycles. The number of hydrogen-bond donors (Lipinski definition) is 1. The molecule has 0 radical (unpaired) electrons. The molecule has 1 aromatic heterocycles. The van der Waals surface area contributed by atoms with Gasteiger partial charge in [0.15, 0.2) is 0 Å². The van der Waals surface area contributed by atoms with Crippen molar-refractivity contribution in [1.29, 1.82) is 0 Å². The van der Waals surface area contributed by atoms with Crippen LogP contribution in [0.3, 0.4) is 0 Å². The van der Waals surface area contributed by atoms with Crippen LogP contribution in [-0.4, -0.2) is 16.3 Å². The van der Waals surface area contributed by atoms with Crippen molar-refractivity contribution in [1.82, 2.24) is 9.97 Å². The lowest BCUT2D eigenvalue weighted by Gasteiger charge is -1.92. The van der Waals surface area contributed by atoms with Gasteiger partial charge < -0.3 is 9.78 Å². The summed E-state index contributed by atoms with van der Waals surface area (Å²) in [5, 5.41) is 0.